The number of benzene rings is 1. The van der Waals surface area contributed by atoms with Crippen molar-refractivity contribution >= 4 is 17.3 Å². The van der Waals surface area contributed by atoms with Crippen LogP contribution in [-0.2, 0) is 0 Å². The Labute approximate surface area is 100 Å². The number of halogens is 2. The highest BCUT2D eigenvalue weighted by Gasteiger charge is 2.25. The molecule has 1 aromatic rings. The number of aliphatic hydroxyl groups excluding tert-OH is 3. The molecule has 1 aromatic carbocycles. The van der Waals surface area contributed by atoms with Crippen LogP contribution in [0.25, 0.3) is 0 Å². The third-order valence-electron chi connectivity index (χ3n) is 2.13. The molecule has 2 atom stereocenters. The van der Waals surface area contributed by atoms with Crippen molar-refractivity contribution in [1.29, 1.82) is 0 Å². The molecule has 0 aromatic heterocycles. The molecule has 0 saturated heterocycles. The van der Waals surface area contributed by atoms with E-state index in [1.807, 2.05) is 0 Å². The van der Waals surface area contributed by atoms with Gasteiger partial charge in [0.05, 0.1) is 16.6 Å². The van der Waals surface area contributed by atoms with Gasteiger partial charge < -0.3 is 15.3 Å². The van der Waals surface area contributed by atoms with E-state index >= 15 is 0 Å². The predicted octanol–water partition coefficient (Wildman–Crippen LogP) is 0.774. The molecule has 0 aliphatic heterocycles. The predicted molar refractivity (Wildman–Crippen MR) is 56.1 cm³/mol. The van der Waals surface area contributed by atoms with Crippen LogP contribution in [0.2, 0.25) is 5.02 Å². The summed E-state index contributed by atoms with van der Waals surface area (Å²) >= 11 is 5.62. The average Bonchev–Trinajstić information content (AvgIpc) is 2.29. The number of aliphatic hydroxyl groups is 3. The largest absolute Gasteiger partial charge is 0.394 e. The Morgan fingerprint density at radius 1 is 1.47 bits per heavy atom. The van der Waals surface area contributed by atoms with Crippen LogP contribution in [0.5, 0.6) is 0 Å². The van der Waals surface area contributed by atoms with Crippen LogP contribution >= 0.6 is 11.6 Å². The molecule has 0 spiro atoms. The second-order valence-electron chi connectivity index (χ2n) is 3.28. The lowest BCUT2D eigenvalue weighted by Gasteiger charge is -2.17. The Morgan fingerprint density at radius 2 is 2.06 bits per heavy atom. The lowest BCUT2D eigenvalue weighted by atomic mass is 10.0. The van der Waals surface area contributed by atoms with E-state index in [0.717, 1.165) is 6.07 Å². The second-order valence-corrected chi connectivity index (χ2v) is 3.68. The van der Waals surface area contributed by atoms with Gasteiger partial charge in [-0.15, -0.1) is 0 Å². The van der Waals surface area contributed by atoms with E-state index < -0.39 is 35.2 Å². The minimum atomic E-state index is -1.62. The Kier molecular flexibility index (Phi) is 4.35. The standard InChI is InChI=1S/C9H9ClFNO5/c10-5-2-7(12(16)17)6(11)1-4(5)9(15)8(14)3-13/h1-2,8-9,13-15H,3H2. The number of hydrogen-bond donors (Lipinski definition) is 3. The van der Waals surface area contributed by atoms with Crippen molar-refractivity contribution in [3.8, 4) is 0 Å². The third kappa shape index (κ3) is 2.89. The van der Waals surface area contributed by atoms with Crippen LogP contribution in [-0.4, -0.2) is 33.0 Å². The zero-order valence-electron chi connectivity index (χ0n) is 8.38. The first kappa shape index (κ1) is 13.8. The van der Waals surface area contributed by atoms with Crippen LogP contribution < -0.4 is 0 Å². The fraction of sp³-hybridized carbons (Fsp3) is 0.333. The first-order valence-corrected chi connectivity index (χ1v) is 4.86. The lowest BCUT2D eigenvalue weighted by molar-refractivity contribution is -0.387. The van der Waals surface area contributed by atoms with Crippen molar-refractivity contribution in [2.75, 3.05) is 6.61 Å². The minimum absolute atomic E-state index is 0.226. The fourth-order valence-electron chi connectivity index (χ4n) is 1.23. The van der Waals surface area contributed by atoms with Crippen molar-refractivity contribution in [1.82, 2.24) is 0 Å². The molecule has 6 nitrogen and oxygen atoms in total. The van der Waals surface area contributed by atoms with Crippen LogP contribution in [0.15, 0.2) is 12.1 Å². The van der Waals surface area contributed by atoms with Gasteiger partial charge in [-0.3, -0.25) is 10.1 Å². The van der Waals surface area contributed by atoms with Gasteiger partial charge in [0.2, 0.25) is 5.82 Å². The summed E-state index contributed by atoms with van der Waals surface area (Å²) in [5.41, 5.74) is -1.05. The molecule has 2 unspecified atom stereocenters. The molecular formula is C9H9ClFNO5. The van der Waals surface area contributed by atoms with Crippen LogP contribution in [0.4, 0.5) is 10.1 Å². The molecule has 1 rings (SSSR count). The first-order valence-electron chi connectivity index (χ1n) is 4.48. The molecule has 0 fully saturated rings. The molecule has 0 heterocycles. The Morgan fingerprint density at radius 3 is 2.53 bits per heavy atom. The van der Waals surface area contributed by atoms with E-state index in [2.05, 4.69) is 0 Å². The van der Waals surface area contributed by atoms with Crippen LogP contribution in [0.1, 0.15) is 11.7 Å². The maximum Gasteiger partial charge on any atom is 0.306 e. The Hall–Kier alpha value is -1.28. The lowest BCUT2D eigenvalue weighted by Crippen LogP contribution is -2.22. The van der Waals surface area contributed by atoms with Gasteiger partial charge in [-0.05, 0) is 6.07 Å². The van der Waals surface area contributed by atoms with Crippen molar-refractivity contribution in [2.24, 2.45) is 0 Å². The number of nitrogens with zero attached hydrogens (tertiary/aromatic N) is 1. The van der Waals surface area contributed by atoms with Gasteiger partial charge in [0.25, 0.3) is 0 Å². The van der Waals surface area contributed by atoms with Gasteiger partial charge in [-0.25, -0.2) is 0 Å². The number of hydrogen-bond acceptors (Lipinski definition) is 5. The fourth-order valence-corrected chi connectivity index (χ4v) is 1.50. The van der Waals surface area contributed by atoms with E-state index in [9.17, 15) is 19.6 Å². The van der Waals surface area contributed by atoms with Crippen molar-refractivity contribution in [2.45, 2.75) is 12.2 Å². The Balaban J connectivity index is 3.20. The van der Waals surface area contributed by atoms with Gasteiger partial charge in [-0.2, -0.15) is 4.39 Å². The van der Waals surface area contributed by atoms with E-state index in [-0.39, 0.29) is 10.6 Å². The van der Waals surface area contributed by atoms with Gasteiger partial charge >= 0.3 is 5.69 Å². The topological polar surface area (TPSA) is 104 Å². The maximum absolute atomic E-state index is 13.3. The normalized spacial score (nSPS) is 14.4. The summed E-state index contributed by atoms with van der Waals surface area (Å²) in [5, 5.41) is 37.4. The zero-order valence-corrected chi connectivity index (χ0v) is 9.13. The highest BCUT2D eigenvalue weighted by Crippen LogP contribution is 2.31. The maximum atomic E-state index is 13.3. The molecular weight excluding hydrogens is 257 g/mol. The molecule has 94 valence electrons. The summed E-state index contributed by atoms with van der Waals surface area (Å²) in [6.07, 6.45) is -3.17. The monoisotopic (exact) mass is 265 g/mol. The second kappa shape index (κ2) is 5.37. The first-order chi connectivity index (χ1) is 7.88. The molecule has 0 radical (unpaired) electrons. The molecule has 17 heavy (non-hydrogen) atoms. The number of nitro groups is 1. The van der Waals surface area contributed by atoms with Gasteiger partial charge in [0.15, 0.2) is 0 Å². The van der Waals surface area contributed by atoms with E-state index in [1.54, 1.807) is 0 Å². The third-order valence-corrected chi connectivity index (χ3v) is 2.46. The van der Waals surface area contributed by atoms with Gasteiger partial charge in [0, 0.05) is 11.6 Å². The summed E-state index contributed by atoms with van der Waals surface area (Å²) in [7, 11) is 0. The molecule has 0 bridgehead atoms. The number of rotatable bonds is 4. The summed E-state index contributed by atoms with van der Waals surface area (Å²) < 4.78 is 13.3. The zero-order chi connectivity index (χ0) is 13.2. The van der Waals surface area contributed by atoms with Crippen molar-refractivity contribution < 1.29 is 24.6 Å². The molecule has 0 aliphatic carbocycles. The summed E-state index contributed by atoms with van der Waals surface area (Å²) in [4.78, 5) is 9.44. The van der Waals surface area contributed by atoms with E-state index in [1.165, 1.54) is 0 Å². The van der Waals surface area contributed by atoms with Crippen LogP contribution in [0.3, 0.4) is 0 Å². The molecule has 3 N–H and O–H groups in total. The van der Waals surface area contributed by atoms with E-state index in [4.69, 9.17) is 21.8 Å². The molecule has 0 aliphatic rings. The van der Waals surface area contributed by atoms with Crippen molar-refractivity contribution in [3.63, 3.8) is 0 Å². The summed E-state index contributed by atoms with van der Waals surface area (Å²) in [5.74, 6) is -1.18. The van der Waals surface area contributed by atoms with E-state index in [0.29, 0.717) is 6.07 Å². The Bertz CT molecular complexity index is 442. The van der Waals surface area contributed by atoms with Gasteiger partial charge in [-0.1, -0.05) is 11.6 Å². The highest BCUT2D eigenvalue weighted by molar-refractivity contribution is 6.31. The summed E-state index contributed by atoms with van der Waals surface area (Å²) in [6.45, 7) is -0.754. The van der Waals surface area contributed by atoms with Crippen molar-refractivity contribution in [3.05, 3.63) is 38.7 Å². The molecule has 8 heteroatoms. The number of nitro benzene ring substituents is 1. The summed E-state index contributed by atoms with van der Waals surface area (Å²) in [6, 6.07) is 1.39. The highest BCUT2D eigenvalue weighted by atomic mass is 35.5. The van der Waals surface area contributed by atoms with Gasteiger partial charge in [0.1, 0.15) is 12.2 Å². The average molecular weight is 266 g/mol. The smallest absolute Gasteiger partial charge is 0.306 e. The quantitative estimate of drug-likeness (QED) is 0.551. The minimum Gasteiger partial charge on any atom is -0.394 e. The molecule has 0 amide bonds. The van der Waals surface area contributed by atoms with Crippen LogP contribution in [0, 0.1) is 15.9 Å². The molecule has 0 saturated carbocycles. The SMILES string of the molecule is O=[N+]([O-])c1cc(Cl)c(C(O)C(O)CO)cc1F.